The molecule has 132 valence electrons. The monoisotopic (exact) mass is 337 g/mol. The van der Waals surface area contributed by atoms with Crippen molar-refractivity contribution in [1.29, 1.82) is 0 Å². The van der Waals surface area contributed by atoms with Crippen LogP contribution >= 0.6 is 0 Å². The van der Waals surface area contributed by atoms with E-state index in [-0.39, 0.29) is 5.54 Å². The van der Waals surface area contributed by atoms with Crippen molar-refractivity contribution >= 4 is 11.0 Å². The highest BCUT2D eigenvalue weighted by molar-refractivity contribution is 5.76. The summed E-state index contributed by atoms with van der Waals surface area (Å²) in [5.41, 5.74) is 3.31. The average Bonchev–Trinajstić information content (AvgIpc) is 2.91. The third kappa shape index (κ3) is 4.68. The molecule has 0 amide bonds. The largest absolute Gasteiger partial charge is 0.391 e. The van der Waals surface area contributed by atoms with Gasteiger partial charge in [0.15, 0.2) is 0 Å². The molecule has 4 heteroatoms. The highest BCUT2D eigenvalue weighted by Gasteiger charge is 2.17. The molecule has 0 aliphatic heterocycles. The predicted molar refractivity (Wildman–Crippen MR) is 103 cm³/mol. The molecule has 0 saturated carbocycles. The first-order chi connectivity index (χ1) is 11.9. The second-order valence-corrected chi connectivity index (χ2v) is 7.58. The van der Waals surface area contributed by atoms with Crippen LogP contribution in [0.5, 0.6) is 0 Å². The van der Waals surface area contributed by atoms with E-state index in [1.807, 2.05) is 24.3 Å². The van der Waals surface area contributed by atoms with E-state index in [0.717, 1.165) is 23.4 Å². The van der Waals surface area contributed by atoms with Crippen LogP contribution in [0.1, 0.15) is 32.2 Å². The number of hydrogen-bond donors (Lipinski definition) is 2. The number of benzene rings is 2. The predicted octanol–water partition coefficient (Wildman–Crippen LogP) is 3.38. The first-order valence-electron chi connectivity index (χ1n) is 8.83. The normalized spacial score (nSPS) is 13.3. The molecule has 0 unspecified atom stereocenters. The molecule has 3 rings (SSSR count). The Kier molecular flexibility index (Phi) is 5.21. The summed E-state index contributed by atoms with van der Waals surface area (Å²) in [6.07, 6.45) is 0.0653. The fourth-order valence-corrected chi connectivity index (χ4v) is 2.93. The van der Waals surface area contributed by atoms with Gasteiger partial charge in [-0.2, -0.15) is 0 Å². The molecule has 0 spiro atoms. The van der Waals surface area contributed by atoms with Crippen LogP contribution in [-0.4, -0.2) is 32.8 Å². The van der Waals surface area contributed by atoms with Crippen molar-refractivity contribution in [2.75, 3.05) is 6.54 Å². The third-order valence-corrected chi connectivity index (χ3v) is 4.20. The van der Waals surface area contributed by atoms with Gasteiger partial charge in [-0.3, -0.25) is 0 Å². The SMILES string of the molecule is CC(C)(C)NC[C@@H](O)Cc1nc2ccccc2n1Cc1ccccc1. The van der Waals surface area contributed by atoms with Gasteiger partial charge >= 0.3 is 0 Å². The Morgan fingerprint density at radius 2 is 1.72 bits per heavy atom. The van der Waals surface area contributed by atoms with Gasteiger partial charge in [-0.25, -0.2) is 4.98 Å². The maximum Gasteiger partial charge on any atom is 0.112 e. The van der Waals surface area contributed by atoms with E-state index < -0.39 is 6.10 Å². The van der Waals surface area contributed by atoms with Crippen molar-refractivity contribution < 1.29 is 5.11 Å². The van der Waals surface area contributed by atoms with Crippen LogP contribution in [0.3, 0.4) is 0 Å². The Morgan fingerprint density at radius 3 is 2.44 bits per heavy atom. The summed E-state index contributed by atoms with van der Waals surface area (Å²) in [7, 11) is 0. The Hall–Kier alpha value is -2.17. The van der Waals surface area contributed by atoms with Crippen LogP contribution in [-0.2, 0) is 13.0 Å². The summed E-state index contributed by atoms with van der Waals surface area (Å²) in [5.74, 6) is 0.924. The van der Waals surface area contributed by atoms with E-state index in [0.29, 0.717) is 13.0 Å². The van der Waals surface area contributed by atoms with Crippen LogP contribution < -0.4 is 5.32 Å². The molecule has 4 nitrogen and oxygen atoms in total. The van der Waals surface area contributed by atoms with Crippen molar-refractivity contribution in [1.82, 2.24) is 14.9 Å². The number of hydrogen-bond acceptors (Lipinski definition) is 3. The van der Waals surface area contributed by atoms with Crippen LogP contribution in [0, 0.1) is 0 Å². The van der Waals surface area contributed by atoms with E-state index in [9.17, 15) is 5.11 Å². The molecule has 0 fully saturated rings. The maximum atomic E-state index is 10.5. The first-order valence-corrected chi connectivity index (χ1v) is 8.83. The fraction of sp³-hybridized carbons (Fsp3) is 0.381. The fourth-order valence-electron chi connectivity index (χ4n) is 2.93. The number of para-hydroxylation sites is 2. The highest BCUT2D eigenvalue weighted by atomic mass is 16.3. The molecule has 1 heterocycles. The summed E-state index contributed by atoms with van der Waals surface area (Å²) in [5, 5.41) is 13.8. The summed E-state index contributed by atoms with van der Waals surface area (Å²) < 4.78 is 2.21. The topological polar surface area (TPSA) is 50.1 Å². The number of fused-ring (bicyclic) bond motifs is 1. The Labute approximate surface area is 149 Å². The highest BCUT2D eigenvalue weighted by Crippen LogP contribution is 2.19. The zero-order chi connectivity index (χ0) is 17.9. The summed E-state index contributed by atoms with van der Waals surface area (Å²) in [6.45, 7) is 7.62. The van der Waals surface area contributed by atoms with E-state index in [1.165, 1.54) is 5.56 Å². The van der Waals surface area contributed by atoms with Gasteiger partial charge in [-0.15, -0.1) is 0 Å². The van der Waals surface area contributed by atoms with Gasteiger partial charge in [0.1, 0.15) is 5.82 Å². The van der Waals surface area contributed by atoms with Gasteiger partial charge in [0.2, 0.25) is 0 Å². The summed E-state index contributed by atoms with van der Waals surface area (Å²) in [6, 6.07) is 18.5. The zero-order valence-corrected chi connectivity index (χ0v) is 15.2. The smallest absolute Gasteiger partial charge is 0.112 e. The second kappa shape index (κ2) is 7.38. The molecular weight excluding hydrogens is 310 g/mol. The lowest BCUT2D eigenvalue weighted by Gasteiger charge is -2.23. The van der Waals surface area contributed by atoms with Gasteiger partial charge in [0, 0.05) is 25.0 Å². The van der Waals surface area contributed by atoms with Crippen LogP contribution in [0.15, 0.2) is 54.6 Å². The molecule has 0 aliphatic carbocycles. The lowest BCUT2D eigenvalue weighted by Crippen LogP contribution is -2.41. The third-order valence-electron chi connectivity index (χ3n) is 4.20. The number of β-amino-alcohol motifs (C(OH)–C–C–N with tert-alkyl or cyclic N) is 1. The van der Waals surface area contributed by atoms with Crippen molar-refractivity contribution in [3.05, 3.63) is 66.0 Å². The number of rotatable bonds is 6. The number of aliphatic hydroxyl groups excluding tert-OH is 1. The molecule has 0 aliphatic rings. The van der Waals surface area contributed by atoms with Crippen LogP contribution in [0.2, 0.25) is 0 Å². The van der Waals surface area contributed by atoms with E-state index >= 15 is 0 Å². The Balaban J connectivity index is 1.85. The Morgan fingerprint density at radius 1 is 1.04 bits per heavy atom. The number of nitrogens with one attached hydrogen (secondary N) is 1. The van der Waals surface area contributed by atoms with Gasteiger partial charge < -0.3 is 15.0 Å². The van der Waals surface area contributed by atoms with E-state index in [2.05, 4.69) is 61.0 Å². The van der Waals surface area contributed by atoms with Crippen molar-refractivity contribution in [2.45, 2.75) is 45.4 Å². The molecule has 2 aromatic carbocycles. The van der Waals surface area contributed by atoms with Gasteiger partial charge in [-0.05, 0) is 38.5 Å². The molecule has 2 N–H and O–H groups in total. The molecule has 0 saturated heterocycles. The van der Waals surface area contributed by atoms with Gasteiger partial charge in [0.25, 0.3) is 0 Å². The summed E-state index contributed by atoms with van der Waals surface area (Å²) >= 11 is 0. The van der Waals surface area contributed by atoms with Crippen molar-refractivity contribution in [3.8, 4) is 0 Å². The maximum absolute atomic E-state index is 10.5. The molecule has 0 radical (unpaired) electrons. The zero-order valence-electron chi connectivity index (χ0n) is 15.2. The van der Waals surface area contributed by atoms with Gasteiger partial charge in [-0.1, -0.05) is 42.5 Å². The molecule has 0 bridgehead atoms. The lowest BCUT2D eigenvalue weighted by atomic mass is 10.1. The Bertz CT molecular complexity index is 818. The first kappa shape index (κ1) is 17.6. The van der Waals surface area contributed by atoms with Gasteiger partial charge in [0.05, 0.1) is 17.1 Å². The minimum absolute atomic E-state index is 0.00878. The number of aliphatic hydroxyl groups is 1. The van der Waals surface area contributed by atoms with Crippen LogP contribution in [0.4, 0.5) is 0 Å². The van der Waals surface area contributed by atoms with Crippen molar-refractivity contribution in [2.24, 2.45) is 0 Å². The molecular formula is C21H27N3O. The average molecular weight is 337 g/mol. The minimum Gasteiger partial charge on any atom is -0.391 e. The standard InChI is InChI=1S/C21H27N3O/c1-21(2,3)22-14-17(25)13-20-23-18-11-7-8-12-19(18)24(20)15-16-9-5-4-6-10-16/h4-12,17,22,25H,13-15H2,1-3H3/t17-/m0/s1. The second-order valence-electron chi connectivity index (χ2n) is 7.58. The van der Waals surface area contributed by atoms with E-state index in [4.69, 9.17) is 4.98 Å². The molecule has 1 aromatic heterocycles. The number of nitrogens with zero attached hydrogens (tertiary/aromatic N) is 2. The number of aromatic nitrogens is 2. The summed E-state index contributed by atoms with van der Waals surface area (Å²) in [4.78, 5) is 4.77. The number of imidazole rings is 1. The lowest BCUT2D eigenvalue weighted by molar-refractivity contribution is 0.158. The molecule has 3 aromatic rings. The molecule has 25 heavy (non-hydrogen) atoms. The quantitative estimate of drug-likeness (QED) is 0.725. The minimum atomic E-state index is -0.467. The molecule has 1 atom stereocenters. The van der Waals surface area contributed by atoms with Crippen LogP contribution in [0.25, 0.3) is 11.0 Å². The van der Waals surface area contributed by atoms with E-state index in [1.54, 1.807) is 0 Å². The van der Waals surface area contributed by atoms with Crippen molar-refractivity contribution in [3.63, 3.8) is 0 Å².